The molecule has 108 valence electrons. The number of likely N-dealkylation sites (N-methyl/N-ethyl adjacent to an activating group) is 1. The number of aryl methyl sites for hydroxylation is 1. The predicted molar refractivity (Wildman–Crippen MR) is 79.5 cm³/mol. The van der Waals surface area contributed by atoms with Gasteiger partial charge in [-0.25, -0.2) is 0 Å². The van der Waals surface area contributed by atoms with Crippen LogP contribution in [0.1, 0.15) is 49.7 Å². The zero-order valence-electron chi connectivity index (χ0n) is 12.7. The molecule has 1 aromatic heterocycles. The lowest BCUT2D eigenvalue weighted by atomic mass is 9.97. The van der Waals surface area contributed by atoms with Gasteiger partial charge in [0, 0.05) is 12.5 Å². The number of rotatable bonds is 6. The average molecular weight is 273 g/mol. The van der Waals surface area contributed by atoms with E-state index in [1.807, 2.05) is 0 Å². The summed E-state index contributed by atoms with van der Waals surface area (Å²) >= 11 is 0. The first kappa shape index (κ1) is 14.7. The van der Waals surface area contributed by atoms with E-state index in [2.05, 4.69) is 65.8 Å². The first-order valence-electron chi connectivity index (χ1n) is 7.16. The van der Waals surface area contributed by atoms with Crippen LogP contribution < -0.4 is 5.32 Å². The normalized spacial score (nSPS) is 12.8. The highest BCUT2D eigenvalue weighted by Crippen LogP contribution is 2.20. The fourth-order valence-electron chi connectivity index (χ4n) is 2.26. The summed E-state index contributed by atoms with van der Waals surface area (Å²) in [4.78, 5) is 1.50. The molecule has 1 heterocycles. The highest BCUT2D eigenvalue weighted by atomic mass is 15.6. The van der Waals surface area contributed by atoms with Crippen molar-refractivity contribution in [3.05, 3.63) is 41.2 Å². The van der Waals surface area contributed by atoms with E-state index in [1.165, 1.54) is 15.9 Å². The molecule has 0 radical (unpaired) electrons. The summed E-state index contributed by atoms with van der Waals surface area (Å²) in [6, 6.07) is 9.02. The number of tetrazole rings is 1. The lowest BCUT2D eigenvalue weighted by molar-refractivity contribution is 0.534. The van der Waals surface area contributed by atoms with Crippen LogP contribution in [0.25, 0.3) is 0 Å². The number of hydrogen-bond acceptors (Lipinski definition) is 4. The molecule has 0 fully saturated rings. The number of hydrogen-bond donors (Lipinski definition) is 1. The summed E-state index contributed by atoms with van der Waals surface area (Å²) in [6.07, 6.45) is 0.753. The van der Waals surface area contributed by atoms with E-state index in [0.717, 1.165) is 18.8 Å². The van der Waals surface area contributed by atoms with E-state index in [9.17, 15) is 0 Å². The maximum absolute atomic E-state index is 4.26. The third-order valence-corrected chi connectivity index (χ3v) is 3.39. The number of nitrogens with zero attached hydrogens (tertiary/aromatic N) is 4. The summed E-state index contributed by atoms with van der Waals surface area (Å²) in [6.45, 7) is 7.44. The first-order valence-corrected chi connectivity index (χ1v) is 7.16. The molecule has 0 bridgehead atoms. The van der Waals surface area contributed by atoms with Gasteiger partial charge in [0.2, 0.25) is 0 Å². The van der Waals surface area contributed by atoms with E-state index in [1.54, 1.807) is 7.05 Å². The van der Waals surface area contributed by atoms with Gasteiger partial charge in [-0.05, 0) is 28.8 Å². The second-order valence-corrected chi connectivity index (χ2v) is 5.33. The van der Waals surface area contributed by atoms with Gasteiger partial charge in [-0.3, -0.25) is 0 Å². The topological polar surface area (TPSA) is 55.6 Å². The Kier molecular flexibility index (Phi) is 4.84. The molecule has 0 amide bonds. The zero-order valence-corrected chi connectivity index (χ0v) is 12.7. The van der Waals surface area contributed by atoms with Crippen molar-refractivity contribution in [3.63, 3.8) is 0 Å². The van der Waals surface area contributed by atoms with Crippen LogP contribution in [-0.2, 0) is 13.5 Å². The monoisotopic (exact) mass is 273 g/mol. The van der Waals surface area contributed by atoms with Crippen molar-refractivity contribution in [2.75, 3.05) is 6.54 Å². The Bertz CT molecular complexity index is 529. The molecule has 5 heteroatoms. The van der Waals surface area contributed by atoms with Gasteiger partial charge in [0.15, 0.2) is 5.82 Å². The van der Waals surface area contributed by atoms with Gasteiger partial charge in [-0.15, -0.1) is 10.2 Å². The van der Waals surface area contributed by atoms with Crippen LogP contribution in [0, 0.1) is 0 Å². The molecule has 1 aromatic carbocycles. The molecule has 0 saturated carbocycles. The molecule has 1 atom stereocenters. The van der Waals surface area contributed by atoms with Crippen molar-refractivity contribution in [1.82, 2.24) is 25.5 Å². The highest BCUT2D eigenvalue weighted by molar-refractivity contribution is 5.27. The maximum Gasteiger partial charge on any atom is 0.176 e. The summed E-state index contributed by atoms with van der Waals surface area (Å²) in [5.74, 6) is 1.33. The molecule has 20 heavy (non-hydrogen) atoms. The molecule has 2 rings (SSSR count). The highest BCUT2D eigenvalue weighted by Gasteiger charge is 2.14. The van der Waals surface area contributed by atoms with Gasteiger partial charge in [0.05, 0.1) is 7.05 Å². The van der Waals surface area contributed by atoms with Crippen LogP contribution in [0.5, 0.6) is 0 Å². The molecule has 5 nitrogen and oxygen atoms in total. The van der Waals surface area contributed by atoms with E-state index in [-0.39, 0.29) is 6.04 Å². The summed E-state index contributed by atoms with van der Waals surface area (Å²) in [5.41, 5.74) is 2.63. The van der Waals surface area contributed by atoms with Crippen molar-refractivity contribution >= 4 is 0 Å². The molecule has 0 aliphatic heterocycles. The Morgan fingerprint density at radius 2 is 1.80 bits per heavy atom. The Balaban J connectivity index is 2.15. The maximum atomic E-state index is 4.26. The second kappa shape index (κ2) is 6.61. The predicted octanol–water partition coefficient (Wildman–Crippen LogP) is 2.23. The molecule has 0 saturated heterocycles. The third kappa shape index (κ3) is 3.63. The third-order valence-electron chi connectivity index (χ3n) is 3.39. The molecule has 2 aromatic rings. The molecule has 1 N–H and O–H groups in total. The van der Waals surface area contributed by atoms with Gasteiger partial charge in [0.25, 0.3) is 0 Å². The Labute approximate surface area is 120 Å². The number of benzene rings is 1. The quantitative estimate of drug-likeness (QED) is 0.877. The van der Waals surface area contributed by atoms with Crippen LogP contribution in [0.2, 0.25) is 0 Å². The Morgan fingerprint density at radius 1 is 1.15 bits per heavy atom. The second-order valence-electron chi connectivity index (χ2n) is 5.33. The summed E-state index contributed by atoms with van der Waals surface area (Å²) in [7, 11) is 1.79. The SMILES string of the molecule is CCNC(Cc1nnn(C)n1)c1ccc(C(C)C)cc1. The average Bonchev–Trinajstić information content (AvgIpc) is 2.84. The van der Waals surface area contributed by atoms with Crippen LogP contribution in [0.4, 0.5) is 0 Å². The van der Waals surface area contributed by atoms with E-state index in [0.29, 0.717) is 5.92 Å². The fraction of sp³-hybridized carbons (Fsp3) is 0.533. The summed E-state index contributed by atoms with van der Waals surface area (Å²) < 4.78 is 0. The minimum atomic E-state index is 0.227. The van der Waals surface area contributed by atoms with Gasteiger partial charge in [-0.1, -0.05) is 45.0 Å². The lowest BCUT2D eigenvalue weighted by Crippen LogP contribution is -2.23. The standard InChI is InChI=1S/C15H23N5/c1-5-16-14(10-15-17-19-20(4)18-15)13-8-6-12(7-9-13)11(2)3/h6-9,11,14,16H,5,10H2,1-4H3. The van der Waals surface area contributed by atoms with E-state index in [4.69, 9.17) is 0 Å². The minimum absolute atomic E-state index is 0.227. The van der Waals surface area contributed by atoms with E-state index >= 15 is 0 Å². The van der Waals surface area contributed by atoms with Crippen LogP contribution in [0.3, 0.4) is 0 Å². The van der Waals surface area contributed by atoms with Crippen molar-refractivity contribution in [2.45, 2.75) is 39.2 Å². The first-order chi connectivity index (χ1) is 9.60. The smallest absolute Gasteiger partial charge is 0.176 e. The fourth-order valence-corrected chi connectivity index (χ4v) is 2.26. The largest absolute Gasteiger partial charge is 0.310 e. The van der Waals surface area contributed by atoms with Gasteiger partial charge < -0.3 is 5.32 Å². The van der Waals surface area contributed by atoms with Crippen LogP contribution >= 0.6 is 0 Å². The molecule has 0 aliphatic carbocycles. The minimum Gasteiger partial charge on any atom is -0.310 e. The van der Waals surface area contributed by atoms with E-state index < -0.39 is 0 Å². The molecule has 1 unspecified atom stereocenters. The van der Waals surface area contributed by atoms with Crippen molar-refractivity contribution < 1.29 is 0 Å². The Hall–Kier alpha value is -1.75. The lowest BCUT2D eigenvalue weighted by Gasteiger charge is -2.17. The molecular formula is C15H23N5. The van der Waals surface area contributed by atoms with Crippen molar-refractivity contribution in [2.24, 2.45) is 7.05 Å². The summed E-state index contributed by atoms with van der Waals surface area (Å²) in [5, 5.41) is 15.7. The molecule has 0 aliphatic rings. The van der Waals surface area contributed by atoms with Crippen LogP contribution in [0.15, 0.2) is 24.3 Å². The van der Waals surface area contributed by atoms with Gasteiger partial charge >= 0.3 is 0 Å². The molecular weight excluding hydrogens is 250 g/mol. The Morgan fingerprint density at radius 3 is 2.30 bits per heavy atom. The number of nitrogens with one attached hydrogen (secondary N) is 1. The molecule has 0 spiro atoms. The van der Waals surface area contributed by atoms with Gasteiger partial charge in [0.1, 0.15) is 0 Å². The van der Waals surface area contributed by atoms with Crippen molar-refractivity contribution in [1.29, 1.82) is 0 Å². The number of aromatic nitrogens is 4. The zero-order chi connectivity index (χ0) is 14.5. The van der Waals surface area contributed by atoms with Gasteiger partial charge in [-0.2, -0.15) is 4.80 Å². The van der Waals surface area contributed by atoms with Crippen molar-refractivity contribution in [3.8, 4) is 0 Å². The van der Waals surface area contributed by atoms with Crippen LogP contribution in [-0.4, -0.2) is 26.8 Å².